The van der Waals surface area contributed by atoms with E-state index < -0.39 is 0 Å². The predicted molar refractivity (Wildman–Crippen MR) is 65.2 cm³/mol. The van der Waals surface area contributed by atoms with Gasteiger partial charge in [-0.1, -0.05) is 11.8 Å². The van der Waals surface area contributed by atoms with Crippen molar-refractivity contribution in [1.29, 1.82) is 0 Å². The van der Waals surface area contributed by atoms with E-state index in [4.69, 9.17) is 5.73 Å². The van der Waals surface area contributed by atoms with Gasteiger partial charge in [0, 0.05) is 18.9 Å². The molecule has 1 saturated carbocycles. The topological polar surface area (TPSA) is 68.0 Å². The zero-order valence-electron chi connectivity index (χ0n) is 9.57. The van der Waals surface area contributed by atoms with E-state index in [0.29, 0.717) is 17.0 Å². The number of hydrogen-bond acceptors (Lipinski definition) is 3. The Hall–Kier alpha value is -1.86. The highest BCUT2D eigenvalue weighted by atomic mass is 16.1. The number of pyridine rings is 1. The number of aromatic nitrogens is 1. The first kappa shape index (κ1) is 11.6. The normalized spacial score (nSPS) is 13.7. The minimum atomic E-state index is -0.0828. The third-order valence-corrected chi connectivity index (χ3v) is 2.64. The van der Waals surface area contributed by atoms with Gasteiger partial charge in [-0.05, 0) is 24.8 Å². The highest BCUT2D eigenvalue weighted by molar-refractivity contribution is 5.96. The smallest absolute Gasteiger partial charge is 0.252 e. The van der Waals surface area contributed by atoms with Crippen LogP contribution in [0.3, 0.4) is 0 Å². The molecule has 4 heteroatoms. The van der Waals surface area contributed by atoms with E-state index in [1.165, 1.54) is 12.8 Å². The Morgan fingerprint density at radius 2 is 2.41 bits per heavy atom. The average molecular weight is 229 g/mol. The first-order valence-electron chi connectivity index (χ1n) is 5.72. The summed E-state index contributed by atoms with van der Waals surface area (Å²) in [6.07, 6.45) is 5.63. The molecule has 1 fully saturated rings. The van der Waals surface area contributed by atoms with Crippen molar-refractivity contribution < 1.29 is 4.79 Å². The zero-order valence-corrected chi connectivity index (χ0v) is 9.57. The Kier molecular flexibility index (Phi) is 3.73. The van der Waals surface area contributed by atoms with E-state index in [-0.39, 0.29) is 12.5 Å². The summed E-state index contributed by atoms with van der Waals surface area (Å²) in [5.41, 5.74) is 6.52. The van der Waals surface area contributed by atoms with Crippen molar-refractivity contribution >= 4 is 5.91 Å². The summed E-state index contributed by atoms with van der Waals surface area (Å²) in [6, 6.07) is 1.68. The Morgan fingerprint density at radius 3 is 3.12 bits per heavy atom. The van der Waals surface area contributed by atoms with E-state index in [2.05, 4.69) is 22.1 Å². The van der Waals surface area contributed by atoms with Crippen LogP contribution in [0.15, 0.2) is 18.5 Å². The summed E-state index contributed by atoms with van der Waals surface area (Å²) in [7, 11) is 0. The van der Waals surface area contributed by atoms with E-state index in [9.17, 15) is 4.79 Å². The summed E-state index contributed by atoms with van der Waals surface area (Å²) in [5, 5.41) is 2.91. The maximum Gasteiger partial charge on any atom is 0.252 e. The third-order valence-electron chi connectivity index (χ3n) is 2.64. The highest BCUT2D eigenvalue weighted by Gasteiger charge is 2.22. The molecule has 0 bridgehead atoms. The SMILES string of the molecule is NCC#Cc1cnccc1C(=O)NCC1CC1. The fourth-order valence-electron chi connectivity index (χ4n) is 1.49. The van der Waals surface area contributed by atoms with E-state index >= 15 is 0 Å². The summed E-state index contributed by atoms with van der Waals surface area (Å²) >= 11 is 0. The number of carbonyl (C=O) groups excluding carboxylic acids is 1. The van der Waals surface area contributed by atoms with Crippen LogP contribution < -0.4 is 11.1 Å². The van der Waals surface area contributed by atoms with Crippen molar-refractivity contribution in [3.05, 3.63) is 29.6 Å². The lowest BCUT2D eigenvalue weighted by Gasteiger charge is -2.05. The van der Waals surface area contributed by atoms with Gasteiger partial charge in [0.15, 0.2) is 0 Å². The van der Waals surface area contributed by atoms with Crippen LogP contribution in [0.4, 0.5) is 0 Å². The Balaban J connectivity index is 2.09. The van der Waals surface area contributed by atoms with Gasteiger partial charge in [-0.2, -0.15) is 0 Å². The molecule has 3 N–H and O–H groups in total. The van der Waals surface area contributed by atoms with Crippen molar-refractivity contribution in [2.24, 2.45) is 11.7 Å². The predicted octanol–water partition coefficient (Wildman–Crippen LogP) is 0.532. The lowest BCUT2D eigenvalue weighted by molar-refractivity contribution is 0.0951. The quantitative estimate of drug-likeness (QED) is 0.743. The monoisotopic (exact) mass is 229 g/mol. The van der Waals surface area contributed by atoms with Gasteiger partial charge < -0.3 is 11.1 Å². The van der Waals surface area contributed by atoms with Crippen LogP contribution in [0.25, 0.3) is 0 Å². The second kappa shape index (κ2) is 5.46. The number of nitrogens with two attached hydrogens (primary N) is 1. The van der Waals surface area contributed by atoms with Crippen molar-refractivity contribution in [2.75, 3.05) is 13.1 Å². The third kappa shape index (κ3) is 3.30. The Morgan fingerprint density at radius 1 is 1.59 bits per heavy atom. The molecule has 1 aromatic heterocycles. The molecule has 1 aliphatic rings. The minimum absolute atomic E-state index is 0.0828. The van der Waals surface area contributed by atoms with Gasteiger partial charge in [-0.25, -0.2) is 0 Å². The number of hydrogen-bond donors (Lipinski definition) is 2. The molecule has 1 amide bonds. The van der Waals surface area contributed by atoms with Gasteiger partial charge in [0.1, 0.15) is 0 Å². The van der Waals surface area contributed by atoms with Gasteiger partial charge in [0.2, 0.25) is 0 Å². The second-order valence-corrected chi connectivity index (χ2v) is 4.08. The van der Waals surface area contributed by atoms with Crippen LogP contribution in [0, 0.1) is 17.8 Å². The van der Waals surface area contributed by atoms with Crippen molar-refractivity contribution in [1.82, 2.24) is 10.3 Å². The molecule has 88 valence electrons. The molecule has 2 rings (SSSR count). The lowest BCUT2D eigenvalue weighted by Crippen LogP contribution is -2.26. The summed E-state index contributed by atoms with van der Waals surface area (Å²) in [6.45, 7) is 1.03. The first-order valence-corrected chi connectivity index (χ1v) is 5.72. The second-order valence-electron chi connectivity index (χ2n) is 4.08. The van der Waals surface area contributed by atoms with Crippen molar-refractivity contribution in [3.8, 4) is 11.8 Å². The van der Waals surface area contributed by atoms with E-state index in [0.717, 1.165) is 6.54 Å². The largest absolute Gasteiger partial charge is 0.352 e. The van der Waals surface area contributed by atoms with Crippen LogP contribution >= 0.6 is 0 Å². The molecule has 1 aromatic rings. The number of rotatable bonds is 3. The number of amides is 1. The standard InChI is InChI=1S/C13H15N3O/c14-6-1-2-11-9-15-7-5-12(11)13(17)16-8-10-3-4-10/h5,7,9-10H,3-4,6,8,14H2,(H,16,17). The molecule has 17 heavy (non-hydrogen) atoms. The van der Waals surface area contributed by atoms with Gasteiger partial charge in [-0.15, -0.1) is 0 Å². The molecule has 4 nitrogen and oxygen atoms in total. The van der Waals surface area contributed by atoms with Crippen LogP contribution in [-0.2, 0) is 0 Å². The molecule has 0 aromatic carbocycles. The van der Waals surface area contributed by atoms with Gasteiger partial charge in [-0.3, -0.25) is 9.78 Å². The minimum Gasteiger partial charge on any atom is -0.352 e. The lowest BCUT2D eigenvalue weighted by atomic mass is 10.1. The molecule has 0 radical (unpaired) electrons. The molecule has 0 saturated heterocycles. The number of nitrogens with zero attached hydrogens (tertiary/aromatic N) is 1. The maximum absolute atomic E-state index is 11.9. The van der Waals surface area contributed by atoms with E-state index in [1.807, 2.05) is 0 Å². The molecule has 0 atom stereocenters. The van der Waals surface area contributed by atoms with Gasteiger partial charge >= 0.3 is 0 Å². The molecule has 0 spiro atoms. The van der Waals surface area contributed by atoms with Crippen LogP contribution in [0.5, 0.6) is 0 Å². The fourth-order valence-corrected chi connectivity index (χ4v) is 1.49. The molecule has 0 aliphatic heterocycles. The van der Waals surface area contributed by atoms with E-state index in [1.54, 1.807) is 18.5 Å². The molecule has 0 unspecified atom stereocenters. The summed E-state index contributed by atoms with van der Waals surface area (Å²) in [4.78, 5) is 15.9. The van der Waals surface area contributed by atoms with Crippen LogP contribution in [0.2, 0.25) is 0 Å². The van der Waals surface area contributed by atoms with Crippen molar-refractivity contribution in [2.45, 2.75) is 12.8 Å². The summed E-state index contributed by atoms with van der Waals surface area (Å²) in [5.74, 6) is 6.18. The summed E-state index contributed by atoms with van der Waals surface area (Å²) < 4.78 is 0. The first-order chi connectivity index (χ1) is 8.31. The number of carbonyl (C=O) groups is 1. The van der Waals surface area contributed by atoms with Crippen LogP contribution in [-0.4, -0.2) is 24.0 Å². The van der Waals surface area contributed by atoms with Crippen LogP contribution in [0.1, 0.15) is 28.8 Å². The van der Waals surface area contributed by atoms with Crippen molar-refractivity contribution in [3.63, 3.8) is 0 Å². The molecular formula is C13H15N3O. The van der Waals surface area contributed by atoms with Gasteiger partial charge in [0.25, 0.3) is 5.91 Å². The Bertz CT molecular complexity index is 469. The highest BCUT2D eigenvalue weighted by Crippen LogP contribution is 2.27. The molecular weight excluding hydrogens is 214 g/mol. The fraction of sp³-hybridized carbons (Fsp3) is 0.385. The Labute approximate surface area is 101 Å². The average Bonchev–Trinajstić information content (AvgIpc) is 3.18. The zero-order chi connectivity index (χ0) is 12.1. The number of nitrogens with one attached hydrogen (secondary N) is 1. The molecule has 1 heterocycles. The molecule has 1 aliphatic carbocycles. The maximum atomic E-state index is 11.9. The van der Waals surface area contributed by atoms with Gasteiger partial charge in [0.05, 0.1) is 17.7 Å².